The fraction of sp³-hybridized carbons (Fsp3) is 0.273. The smallest absolute Gasteiger partial charge is 0.290 e. The van der Waals surface area contributed by atoms with Crippen molar-refractivity contribution in [3.63, 3.8) is 0 Å². The first-order valence-electron chi connectivity index (χ1n) is 5.20. The van der Waals surface area contributed by atoms with Gasteiger partial charge >= 0.3 is 0 Å². The standard InChI is InChI=1S/C11H12N4O/c1-15-9-5-3-2-4-8(9)10(14-15)13-11-12-6-7-16-11/h2-5H,6-7H2,1H3,(H,12,13,14). The summed E-state index contributed by atoms with van der Waals surface area (Å²) in [6.07, 6.45) is 0. The average Bonchev–Trinajstić information content (AvgIpc) is 2.90. The summed E-state index contributed by atoms with van der Waals surface area (Å²) in [6, 6.07) is 8.61. The third kappa shape index (κ3) is 1.41. The predicted octanol–water partition coefficient (Wildman–Crippen LogP) is 1.37. The molecule has 82 valence electrons. The first-order chi connectivity index (χ1) is 7.84. The summed E-state index contributed by atoms with van der Waals surface area (Å²) < 4.78 is 7.15. The number of aryl methyl sites for hydroxylation is 1. The molecule has 0 saturated heterocycles. The highest BCUT2D eigenvalue weighted by Gasteiger charge is 2.12. The molecule has 0 saturated carbocycles. The fourth-order valence-electron chi connectivity index (χ4n) is 1.82. The van der Waals surface area contributed by atoms with Gasteiger partial charge in [-0.25, -0.2) is 4.99 Å². The van der Waals surface area contributed by atoms with Crippen LogP contribution in [0.3, 0.4) is 0 Å². The minimum absolute atomic E-state index is 0.559. The number of aromatic nitrogens is 2. The highest BCUT2D eigenvalue weighted by Crippen LogP contribution is 2.21. The van der Waals surface area contributed by atoms with Gasteiger partial charge in [0.1, 0.15) is 6.61 Å². The number of hydrogen-bond donors (Lipinski definition) is 1. The van der Waals surface area contributed by atoms with Crippen LogP contribution in [0.25, 0.3) is 10.9 Å². The van der Waals surface area contributed by atoms with Crippen molar-refractivity contribution in [3.05, 3.63) is 24.3 Å². The predicted molar refractivity (Wildman–Crippen MR) is 62.6 cm³/mol. The monoisotopic (exact) mass is 216 g/mol. The van der Waals surface area contributed by atoms with E-state index in [-0.39, 0.29) is 0 Å². The maximum absolute atomic E-state index is 5.30. The summed E-state index contributed by atoms with van der Waals surface area (Å²) in [5.41, 5.74) is 1.09. The van der Waals surface area contributed by atoms with E-state index in [4.69, 9.17) is 4.74 Å². The zero-order chi connectivity index (χ0) is 11.0. The molecule has 0 spiro atoms. The maximum atomic E-state index is 5.30. The molecule has 0 aliphatic carbocycles. The normalized spacial score (nSPS) is 14.9. The molecule has 0 unspecified atom stereocenters. The van der Waals surface area contributed by atoms with Crippen LogP contribution in [0.1, 0.15) is 0 Å². The lowest BCUT2D eigenvalue weighted by Crippen LogP contribution is -2.12. The summed E-state index contributed by atoms with van der Waals surface area (Å²) >= 11 is 0. The van der Waals surface area contributed by atoms with Crippen LogP contribution in [-0.4, -0.2) is 29.0 Å². The van der Waals surface area contributed by atoms with Crippen molar-refractivity contribution >= 4 is 22.7 Å². The first-order valence-corrected chi connectivity index (χ1v) is 5.20. The molecule has 1 aliphatic rings. The average molecular weight is 216 g/mol. The highest BCUT2D eigenvalue weighted by molar-refractivity contribution is 5.99. The maximum Gasteiger partial charge on any atom is 0.290 e. The van der Waals surface area contributed by atoms with Crippen LogP contribution in [0.15, 0.2) is 29.3 Å². The van der Waals surface area contributed by atoms with Crippen LogP contribution < -0.4 is 5.32 Å². The van der Waals surface area contributed by atoms with Crippen molar-refractivity contribution in [2.45, 2.75) is 0 Å². The van der Waals surface area contributed by atoms with Crippen molar-refractivity contribution in [1.82, 2.24) is 9.78 Å². The van der Waals surface area contributed by atoms with Crippen LogP contribution in [-0.2, 0) is 11.8 Å². The zero-order valence-corrected chi connectivity index (χ0v) is 8.97. The fourth-order valence-corrected chi connectivity index (χ4v) is 1.82. The molecule has 0 amide bonds. The van der Waals surface area contributed by atoms with Gasteiger partial charge in [-0.1, -0.05) is 12.1 Å². The number of nitrogens with zero attached hydrogens (tertiary/aromatic N) is 3. The Balaban J connectivity index is 2.03. The molecule has 1 aromatic heterocycles. The Kier molecular flexibility index (Phi) is 2.02. The third-order valence-electron chi connectivity index (χ3n) is 2.57. The van der Waals surface area contributed by atoms with E-state index in [1.807, 2.05) is 36.0 Å². The number of hydrogen-bond acceptors (Lipinski definition) is 4. The van der Waals surface area contributed by atoms with Crippen LogP contribution in [0, 0.1) is 0 Å². The minimum Gasteiger partial charge on any atom is -0.463 e. The van der Waals surface area contributed by atoms with Crippen molar-refractivity contribution in [3.8, 4) is 0 Å². The van der Waals surface area contributed by atoms with Crippen molar-refractivity contribution < 1.29 is 4.74 Å². The Labute approximate surface area is 92.7 Å². The van der Waals surface area contributed by atoms with Crippen LogP contribution in [0.4, 0.5) is 5.82 Å². The molecule has 5 nitrogen and oxygen atoms in total. The number of nitrogens with one attached hydrogen (secondary N) is 1. The second kappa shape index (κ2) is 3.52. The van der Waals surface area contributed by atoms with Gasteiger partial charge in [0, 0.05) is 12.4 Å². The third-order valence-corrected chi connectivity index (χ3v) is 2.57. The lowest BCUT2D eigenvalue weighted by molar-refractivity contribution is 0.346. The van der Waals surface area contributed by atoms with E-state index in [2.05, 4.69) is 15.4 Å². The molecule has 1 aromatic carbocycles. The van der Waals surface area contributed by atoms with Crippen molar-refractivity contribution in [2.24, 2.45) is 12.0 Å². The summed E-state index contributed by atoms with van der Waals surface area (Å²) in [5.74, 6) is 0.791. The molecular formula is C11H12N4O. The molecular weight excluding hydrogens is 204 g/mol. The topological polar surface area (TPSA) is 51.4 Å². The molecule has 2 aromatic rings. The Morgan fingerprint density at radius 3 is 3.06 bits per heavy atom. The van der Waals surface area contributed by atoms with Gasteiger partial charge in [-0.05, 0) is 12.1 Å². The van der Waals surface area contributed by atoms with Gasteiger partial charge in [-0.3, -0.25) is 10.00 Å². The minimum atomic E-state index is 0.559. The Morgan fingerprint density at radius 2 is 2.25 bits per heavy atom. The Morgan fingerprint density at radius 1 is 1.38 bits per heavy atom. The molecule has 0 fully saturated rings. The van der Waals surface area contributed by atoms with Gasteiger partial charge in [0.25, 0.3) is 6.02 Å². The second-order valence-electron chi connectivity index (χ2n) is 3.65. The molecule has 2 heterocycles. The van der Waals surface area contributed by atoms with Crippen LogP contribution in [0.5, 0.6) is 0 Å². The number of rotatable bonds is 1. The summed E-state index contributed by atoms with van der Waals surface area (Å²) in [5, 5.41) is 8.57. The lowest BCUT2D eigenvalue weighted by Gasteiger charge is -2.01. The van der Waals surface area contributed by atoms with Gasteiger partial charge < -0.3 is 4.74 Å². The molecule has 1 N–H and O–H groups in total. The van der Waals surface area contributed by atoms with Gasteiger partial charge in [0.15, 0.2) is 5.82 Å². The molecule has 0 bridgehead atoms. The number of ether oxygens (including phenoxy) is 1. The van der Waals surface area contributed by atoms with E-state index in [9.17, 15) is 0 Å². The van der Waals surface area contributed by atoms with E-state index in [1.54, 1.807) is 0 Å². The molecule has 1 aliphatic heterocycles. The Hall–Kier alpha value is -2.04. The number of aliphatic imine (C=N–C) groups is 1. The van der Waals surface area contributed by atoms with Gasteiger partial charge in [-0.2, -0.15) is 5.10 Å². The summed E-state index contributed by atoms with van der Waals surface area (Å²) in [7, 11) is 1.92. The number of para-hydroxylation sites is 1. The molecule has 0 atom stereocenters. The molecule has 5 heteroatoms. The van der Waals surface area contributed by atoms with E-state index in [1.165, 1.54) is 0 Å². The van der Waals surface area contributed by atoms with E-state index >= 15 is 0 Å². The Bertz CT molecular complexity index is 558. The molecule has 16 heavy (non-hydrogen) atoms. The summed E-state index contributed by atoms with van der Waals surface area (Å²) in [4.78, 5) is 4.18. The number of amidine groups is 1. The first kappa shape index (κ1) is 9.21. The van der Waals surface area contributed by atoms with Crippen LogP contribution in [0.2, 0.25) is 0 Å². The lowest BCUT2D eigenvalue weighted by atomic mass is 10.2. The number of fused-ring (bicyclic) bond motifs is 1. The van der Waals surface area contributed by atoms with E-state index < -0.39 is 0 Å². The number of benzene rings is 1. The summed E-state index contributed by atoms with van der Waals surface area (Å²) in [6.45, 7) is 1.36. The highest BCUT2D eigenvalue weighted by atomic mass is 16.5. The van der Waals surface area contributed by atoms with Gasteiger partial charge in [0.2, 0.25) is 0 Å². The van der Waals surface area contributed by atoms with Crippen molar-refractivity contribution in [2.75, 3.05) is 18.5 Å². The largest absolute Gasteiger partial charge is 0.463 e. The zero-order valence-electron chi connectivity index (χ0n) is 8.97. The van der Waals surface area contributed by atoms with E-state index in [0.29, 0.717) is 19.2 Å². The quantitative estimate of drug-likeness (QED) is 0.783. The molecule has 0 radical (unpaired) electrons. The van der Waals surface area contributed by atoms with Crippen molar-refractivity contribution in [1.29, 1.82) is 0 Å². The van der Waals surface area contributed by atoms with Gasteiger partial charge in [-0.15, -0.1) is 0 Å². The SMILES string of the molecule is Cn1nc(NC2=NCCO2)c2ccccc21. The van der Waals surface area contributed by atoms with Gasteiger partial charge in [0.05, 0.1) is 12.1 Å². The van der Waals surface area contributed by atoms with Crippen LogP contribution >= 0.6 is 0 Å². The second-order valence-corrected chi connectivity index (χ2v) is 3.65. The van der Waals surface area contributed by atoms with E-state index in [0.717, 1.165) is 16.7 Å². The molecule has 3 rings (SSSR count). The number of anilines is 1.